The molecule has 0 saturated carbocycles. The van der Waals surface area contributed by atoms with Crippen LogP contribution in [0.3, 0.4) is 0 Å². The molecule has 1 aromatic heterocycles. The Labute approximate surface area is 132 Å². The molecule has 6 nitrogen and oxygen atoms in total. The van der Waals surface area contributed by atoms with Crippen LogP contribution in [0.4, 0.5) is 10.1 Å². The Balaban J connectivity index is 1.54. The quantitative estimate of drug-likeness (QED) is 0.872. The fraction of sp³-hybridized carbons (Fsp3) is 0.312. The molecule has 2 amide bonds. The summed E-state index contributed by atoms with van der Waals surface area (Å²) in [6, 6.07) is 5.70. The number of benzene rings is 1. The number of nitrogens with zero attached hydrogens (tertiary/aromatic N) is 2. The van der Waals surface area contributed by atoms with Gasteiger partial charge >= 0.3 is 0 Å². The molecule has 0 spiro atoms. The first-order valence-electron chi connectivity index (χ1n) is 7.45. The first-order valence-corrected chi connectivity index (χ1v) is 7.45. The van der Waals surface area contributed by atoms with Crippen molar-refractivity contribution in [2.24, 2.45) is 5.92 Å². The van der Waals surface area contributed by atoms with E-state index in [-0.39, 0.29) is 30.0 Å². The van der Waals surface area contributed by atoms with Crippen LogP contribution in [-0.4, -0.2) is 34.9 Å². The zero-order valence-corrected chi connectivity index (χ0v) is 12.5. The van der Waals surface area contributed by atoms with Crippen LogP contribution < -0.4 is 10.2 Å². The third kappa shape index (κ3) is 3.56. The van der Waals surface area contributed by atoms with Gasteiger partial charge in [-0.25, -0.2) is 9.37 Å². The number of rotatable bonds is 5. The third-order valence-corrected chi connectivity index (χ3v) is 3.87. The SMILES string of the molecule is O=C(NCCc1c[nH]cn1)C1CC(=O)N(c2ccc(F)cc2)C1. The highest BCUT2D eigenvalue weighted by Gasteiger charge is 2.34. The highest BCUT2D eigenvalue weighted by molar-refractivity contribution is 6.00. The largest absolute Gasteiger partial charge is 0.355 e. The van der Waals surface area contributed by atoms with Gasteiger partial charge in [0.15, 0.2) is 0 Å². The van der Waals surface area contributed by atoms with Gasteiger partial charge in [0.25, 0.3) is 0 Å². The van der Waals surface area contributed by atoms with Gasteiger partial charge in [-0.3, -0.25) is 9.59 Å². The molecule has 2 heterocycles. The number of anilines is 1. The van der Waals surface area contributed by atoms with Crippen LogP contribution in [0, 0.1) is 11.7 Å². The molecule has 2 aromatic rings. The third-order valence-electron chi connectivity index (χ3n) is 3.87. The van der Waals surface area contributed by atoms with Crippen molar-refractivity contribution in [3.8, 4) is 0 Å². The number of aromatic nitrogens is 2. The van der Waals surface area contributed by atoms with E-state index in [1.165, 1.54) is 17.0 Å². The van der Waals surface area contributed by atoms with E-state index in [9.17, 15) is 14.0 Å². The minimum absolute atomic E-state index is 0.121. The van der Waals surface area contributed by atoms with Crippen molar-refractivity contribution in [3.63, 3.8) is 0 Å². The minimum atomic E-state index is -0.383. The molecule has 1 saturated heterocycles. The molecular weight excluding hydrogens is 299 g/mol. The van der Waals surface area contributed by atoms with E-state index in [0.29, 0.717) is 25.2 Å². The Morgan fingerprint density at radius 2 is 2.17 bits per heavy atom. The van der Waals surface area contributed by atoms with Crippen LogP contribution in [0.5, 0.6) is 0 Å². The van der Waals surface area contributed by atoms with Crippen molar-refractivity contribution in [2.75, 3.05) is 18.0 Å². The summed E-state index contributed by atoms with van der Waals surface area (Å²) >= 11 is 0. The molecule has 0 bridgehead atoms. The van der Waals surface area contributed by atoms with E-state index in [0.717, 1.165) is 5.69 Å². The lowest BCUT2D eigenvalue weighted by Crippen LogP contribution is -2.34. The number of hydrogen-bond donors (Lipinski definition) is 2. The zero-order chi connectivity index (χ0) is 16.2. The van der Waals surface area contributed by atoms with Gasteiger partial charge in [0.1, 0.15) is 5.82 Å². The lowest BCUT2D eigenvalue weighted by molar-refractivity contribution is -0.126. The molecular formula is C16H17FN4O2. The molecule has 1 aliphatic heterocycles. The summed E-state index contributed by atoms with van der Waals surface area (Å²) in [6.07, 6.45) is 4.18. The van der Waals surface area contributed by atoms with Gasteiger partial charge in [0.2, 0.25) is 11.8 Å². The molecule has 120 valence electrons. The van der Waals surface area contributed by atoms with Gasteiger partial charge < -0.3 is 15.2 Å². The molecule has 3 rings (SSSR count). The Morgan fingerprint density at radius 1 is 1.39 bits per heavy atom. The molecule has 0 aliphatic carbocycles. The van der Waals surface area contributed by atoms with Gasteiger partial charge in [-0.1, -0.05) is 0 Å². The van der Waals surface area contributed by atoms with Crippen molar-refractivity contribution in [1.29, 1.82) is 0 Å². The number of aromatic amines is 1. The molecule has 23 heavy (non-hydrogen) atoms. The predicted octanol–water partition coefficient (Wildman–Crippen LogP) is 1.26. The van der Waals surface area contributed by atoms with Crippen LogP contribution in [0.1, 0.15) is 12.1 Å². The van der Waals surface area contributed by atoms with Gasteiger partial charge in [-0.05, 0) is 24.3 Å². The average molecular weight is 316 g/mol. The molecule has 1 aliphatic rings. The number of carbonyl (C=O) groups excluding carboxylic acids is 2. The van der Waals surface area contributed by atoms with E-state index in [1.54, 1.807) is 24.7 Å². The second kappa shape index (κ2) is 6.60. The summed E-state index contributed by atoms with van der Waals surface area (Å²) in [5.74, 6) is -0.998. The van der Waals surface area contributed by atoms with E-state index < -0.39 is 0 Å². The van der Waals surface area contributed by atoms with Crippen LogP contribution in [0.25, 0.3) is 0 Å². The Kier molecular flexibility index (Phi) is 4.36. The molecule has 7 heteroatoms. The van der Waals surface area contributed by atoms with Crippen LogP contribution in [0.2, 0.25) is 0 Å². The number of hydrogen-bond acceptors (Lipinski definition) is 3. The number of halogens is 1. The van der Waals surface area contributed by atoms with Crippen molar-refractivity contribution >= 4 is 17.5 Å². The molecule has 1 unspecified atom stereocenters. The Bertz CT molecular complexity index is 685. The highest BCUT2D eigenvalue weighted by atomic mass is 19.1. The molecule has 1 atom stereocenters. The summed E-state index contributed by atoms with van der Waals surface area (Å²) in [7, 11) is 0. The van der Waals surface area contributed by atoms with E-state index in [4.69, 9.17) is 0 Å². The van der Waals surface area contributed by atoms with E-state index in [1.807, 2.05) is 0 Å². The molecule has 0 radical (unpaired) electrons. The summed E-state index contributed by atoms with van der Waals surface area (Å²) in [5.41, 5.74) is 1.49. The van der Waals surface area contributed by atoms with Crippen molar-refractivity contribution in [2.45, 2.75) is 12.8 Å². The first-order chi connectivity index (χ1) is 11.1. The van der Waals surface area contributed by atoms with Crippen LogP contribution in [0.15, 0.2) is 36.8 Å². The van der Waals surface area contributed by atoms with E-state index in [2.05, 4.69) is 15.3 Å². The van der Waals surface area contributed by atoms with E-state index >= 15 is 0 Å². The number of carbonyl (C=O) groups is 2. The summed E-state index contributed by atoms with van der Waals surface area (Å²) in [5, 5.41) is 2.83. The normalized spacial score (nSPS) is 17.5. The average Bonchev–Trinajstić information content (AvgIpc) is 3.18. The number of H-pyrrole nitrogens is 1. The summed E-state index contributed by atoms with van der Waals surface area (Å²) in [6.45, 7) is 0.795. The molecule has 1 aromatic carbocycles. The lowest BCUT2D eigenvalue weighted by atomic mass is 10.1. The number of nitrogens with one attached hydrogen (secondary N) is 2. The Morgan fingerprint density at radius 3 is 2.87 bits per heavy atom. The maximum atomic E-state index is 13.0. The predicted molar refractivity (Wildman–Crippen MR) is 82.2 cm³/mol. The fourth-order valence-electron chi connectivity index (χ4n) is 2.64. The summed E-state index contributed by atoms with van der Waals surface area (Å²) in [4.78, 5) is 32.7. The first kappa shape index (κ1) is 15.2. The monoisotopic (exact) mass is 316 g/mol. The maximum Gasteiger partial charge on any atom is 0.227 e. The second-order valence-corrected chi connectivity index (χ2v) is 5.48. The number of imidazole rings is 1. The van der Waals surface area contributed by atoms with Crippen LogP contribution in [-0.2, 0) is 16.0 Å². The maximum absolute atomic E-state index is 13.0. The lowest BCUT2D eigenvalue weighted by Gasteiger charge is -2.16. The van der Waals surface area contributed by atoms with Crippen molar-refractivity contribution in [1.82, 2.24) is 15.3 Å². The molecule has 2 N–H and O–H groups in total. The van der Waals surface area contributed by atoms with Gasteiger partial charge in [-0.15, -0.1) is 0 Å². The topological polar surface area (TPSA) is 78.1 Å². The standard InChI is InChI=1S/C16H17FN4O2/c17-12-1-3-14(4-2-12)21-9-11(7-15(21)22)16(23)19-6-5-13-8-18-10-20-13/h1-4,8,10-11H,5-7,9H2,(H,18,20)(H,19,23). The minimum Gasteiger partial charge on any atom is -0.355 e. The Hall–Kier alpha value is -2.70. The van der Waals surface area contributed by atoms with Crippen molar-refractivity contribution in [3.05, 3.63) is 48.3 Å². The smallest absolute Gasteiger partial charge is 0.227 e. The highest BCUT2D eigenvalue weighted by Crippen LogP contribution is 2.25. The van der Waals surface area contributed by atoms with Gasteiger partial charge in [0.05, 0.1) is 17.9 Å². The zero-order valence-electron chi connectivity index (χ0n) is 12.5. The van der Waals surface area contributed by atoms with Gasteiger partial charge in [-0.2, -0.15) is 0 Å². The van der Waals surface area contributed by atoms with Gasteiger partial charge in [0, 0.05) is 37.8 Å². The number of amides is 2. The van der Waals surface area contributed by atoms with Crippen LogP contribution >= 0.6 is 0 Å². The second-order valence-electron chi connectivity index (χ2n) is 5.48. The van der Waals surface area contributed by atoms with Crippen molar-refractivity contribution < 1.29 is 14.0 Å². The fourth-order valence-corrected chi connectivity index (χ4v) is 2.64. The molecule has 1 fully saturated rings. The summed E-state index contributed by atoms with van der Waals surface area (Å²) < 4.78 is 13.0.